The molecule has 2 aromatic rings. The average Bonchev–Trinajstić information content (AvgIpc) is 2.47. The van der Waals surface area contributed by atoms with Gasteiger partial charge < -0.3 is 9.80 Å². The van der Waals surface area contributed by atoms with Crippen molar-refractivity contribution in [3.05, 3.63) is 46.4 Å². The summed E-state index contributed by atoms with van der Waals surface area (Å²) in [5.74, 6) is 0. The van der Waals surface area contributed by atoms with E-state index in [9.17, 15) is 0 Å². The van der Waals surface area contributed by atoms with E-state index in [2.05, 4.69) is 36.0 Å². The minimum absolute atomic E-state index is 0.766. The molecule has 0 amide bonds. The van der Waals surface area contributed by atoms with Gasteiger partial charge in [0.25, 0.3) is 0 Å². The van der Waals surface area contributed by atoms with Gasteiger partial charge in [0.1, 0.15) is 0 Å². The highest BCUT2D eigenvalue weighted by Gasteiger charge is 2.23. The van der Waals surface area contributed by atoms with E-state index in [1.54, 1.807) is 11.8 Å². The summed E-state index contributed by atoms with van der Waals surface area (Å²) in [5, 5.41) is 1.53. The normalized spacial score (nSPS) is 13.2. The van der Waals surface area contributed by atoms with Crippen molar-refractivity contribution in [2.45, 2.75) is 16.2 Å². The van der Waals surface area contributed by atoms with Crippen molar-refractivity contribution in [2.24, 2.45) is 0 Å². The number of hydrogen-bond acceptors (Lipinski definition) is 3. The number of rotatable bonds is 4. The second-order valence-electron chi connectivity index (χ2n) is 5.63. The van der Waals surface area contributed by atoms with E-state index in [1.807, 2.05) is 24.3 Å². The first-order chi connectivity index (χ1) is 10.5. The van der Waals surface area contributed by atoms with Crippen molar-refractivity contribution >= 4 is 46.3 Å². The Bertz CT molecular complexity index is 637. The van der Waals surface area contributed by atoms with Gasteiger partial charge in [0.05, 0.1) is 11.4 Å². The summed E-state index contributed by atoms with van der Waals surface area (Å²) in [4.78, 5) is 7.02. The van der Waals surface area contributed by atoms with Gasteiger partial charge in [0.15, 0.2) is 0 Å². The van der Waals surface area contributed by atoms with Crippen molar-refractivity contribution in [2.75, 3.05) is 32.1 Å². The van der Waals surface area contributed by atoms with Crippen molar-refractivity contribution in [1.82, 2.24) is 4.90 Å². The average molecular weight is 353 g/mol. The van der Waals surface area contributed by atoms with E-state index in [0.717, 1.165) is 29.6 Å². The summed E-state index contributed by atoms with van der Waals surface area (Å²) < 4.78 is 0. The fraction of sp³-hybridized carbons (Fsp3) is 0.294. The molecule has 0 radical (unpaired) electrons. The van der Waals surface area contributed by atoms with Crippen LogP contribution in [-0.4, -0.2) is 32.1 Å². The summed E-state index contributed by atoms with van der Waals surface area (Å²) in [5.41, 5.74) is 2.34. The summed E-state index contributed by atoms with van der Waals surface area (Å²) in [6, 6.07) is 12.2. The highest BCUT2D eigenvalue weighted by atomic mass is 35.5. The molecule has 0 spiro atoms. The number of hydrogen-bond donors (Lipinski definition) is 0. The Kier molecular flexibility index (Phi) is 4.88. The largest absolute Gasteiger partial charge is 0.340 e. The number of fused-ring (bicyclic) bond motifs is 2. The maximum Gasteiger partial charge on any atom is 0.0567 e. The Labute approximate surface area is 146 Å². The number of benzene rings is 2. The Morgan fingerprint density at radius 2 is 1.50 bits per heavy atom. The quantitative estimate of drug-likeness (QED) is 0.712. The zero-order valence-corrected chi connectivity index (χ0v) is 15.0. The van der Waals surface area contributed by atoms with E-state index < -0.39 is 0 Å². The Morgan fingerprint density at radius 1 is 0.955 bits per heavy atom. The second kappa shape index (κ2) is 6.71. The first kappa shape index (κ1) is 16.0. The third-order valence-corrected chi connectivity index (χ3v) is 5.23. The second-order valence-corrected chi connectivity index (χ2v) is 7.59. The maximum atomic E-state index is 6.21. The van der Waals surface area contributed by atoms with Gasteiger partial charge in [-0.1, -0.05) is 35.0 Å². The van der Waals surface area contributed by atoms with Gasteiger partial charge >= 0.3 is 0 Å². The third kappa shape index (κ3) is 3.38. The molecule has 1 heterocycles. The molecule has 0 unspecified atom stereocenters. The fourth-order valence-corrected chi connectivity index (χ4v) is 4.00. The standard InChI is InChI=1S/C17H18Cl2N2S/c1-20(2)8-3-9-21-14-10-12(18)4-6-16(14)22-17-7-5-13(19)11-15(17)21/h4-7,10-11H,3,8-9H2,1-2H3. The smallest absolute Gasteiger partial charge is 0.0567 e. The van der Waals surface area contributed by atoms with Crippen molar-refractivity contribution in [3.8, 4) is 0 Å². The molecule has 2 aromatic carbocycles. The highest BCUT2D eigenvalue weighted by molar-refractivity contribution is 7.99. The molecule has 1 aliphatic rings. The predicted octanol–water partition coefficient (Wildman–Crippen LogP) is 5.55. The Balaban J connectivity index is 1.98. The lowest BCUT2D eigenvalue weighted by molar-refractivity contribution is 0.402. The lowest BCUT2D eigenvalue weighted by Gasteiger charge is -2.33. The van der Waals surface area contributed by atoms with Crippen molar-refractivity contribution in [3.63, 3.8) is 0 Å². The number of halogens is 2. The van der Waals surface area contributed by atoms with Gasteiger partial charge in [0.2, 0.25) is 0 Å². The number of anilines is 2. The molecular weight excluding hydrogens is 335 g/mol. The number of nitrogens with zero attached hydrogens (tertiary/aromatic N) is 2. The van der Waals surface area contributed by atoms with Crippen molar-refractivity contribution < 1.29 is 0 Å². The van der Waals surface area contributed by atoms with Gasteiger partial charge in [-0.15, -0.1) is 0 Å². The summed E-state index contributed by atoms with van der Waals surface area (Å²) >= 11 is 14.2. The molecule has 5 heteroatoms. The van der Waals surface area contributed by atoms with Crippen LogP contribution in [0.4, 0.5) is 11.4 Å². The fourth-order valence-electron chi connectivity index (χ4n) is 2.61. The minimum Gasteiger partial charge on any atom is -0.340 e. The van der Waals surface area contributed by atoms with Crippen LogP contribution in [0.1, 0.15) is 6.42 Å². The van der Waals surface area contributed by atoms with E-state index in [1.165, 1.54) is 21.2 Å². The monoisotopic (exact) mass is 352 g/mol. The van der Waals surface area contributed by atoms with E-state index in [4.69, 9.17) is 23.2 Å². The Morgan fingerprint density at radius 3 is 2.00 bits per heavy atom. The Hall–Kier alpha value is -0.870. The van der Waals surface area contributed by atoms with Gasteiger partial charge in [0, 0.05) is 26.4 Å². The summed E-state index contributed by atoms with van der Waals surface area (Å²) in [7, 11) is 4.20. The van der Waals surface area contributed by atoms with Crippen LogP contribution >= 0.6 is 35.0 Å². The van der Waals surface area contributed by atoms with Crippen LogP contribution < -0.4 is 4.90 Å². The maximum absolute atomic E-state index is 6.21. The van der Waals surface area contributed by atoms with Crippen LogP contribution in [0, 0.1) is 0 Å². The molecule has 1 aliphatic heterocycles. The van der Waals surface area contributed by atoms with Gasteiger partial charge in [-0.3, -0.25) is 0 Å². The first-order valence-electron chi connectivity index (χ1n) is 7.24. The third-order valence-electron chi connectivity index (χ3n) is 3.63. The molecule has 0 N–H and O–H groups in total. The predicted molar refractivity (Wildman–Crippen MR) is 97.2 cm³/mol. The van der Waals surface area contributed by atoms with Crippen LogP contribution in [0.2, 0.25) is 10.0 Å². The molecule has 2 nitrogen and oxygen atoms in total. The SMILES string of the molecule is CN(C)CCCN1c2cc(Cl)ccc2Sc2ccc(Cl)cc21. The molecule has 22 heavy (non-hydrogen) atoms. The highest BCUT2D eigenvalue weighted by Crippen LogP contribution is 2.49. The molecule has 0 aromatic heterocycles. The molecule has 0 fully saturated rings. The molecule has 0 saturated carbocycles. The summed E-state index contributed by atoms with van der Waals surface area (Å²) in [6.07, 6.45) is 1.08. The molecule has 0 saturated heterocycles. The van der Waals surface area contributed by atoms with Crippen molar-refractivity contribution in [1.29, 1.82) is 0 Å². The van der Waals surface area contributed by atoms with Crippen LogP contribution in [0.15, 0.2) is 46.2 Å². The lowest BCUT2D eigenvalue weighted by atomic mass is 10.2. The van der Waals surface area contributed by atoms with Crippen LogP contribution in [0.25, 0.3) is 0 Å². The van der Waals surface area contributed by atoms with Crippen LogP contribution in [0.5, 0.6) is 0 Å². The zero-order valence-electron chi connectivity index (χ0n) is 12.6. The molecule has 0 bridgehead atoms. The van der Waals surface area contributed by atoms with Crippen LogP contribution in [0.3, 0.4) is 0 Å². The van der Waals surface area contributed by atoms with E-state index >= 15 is 0 Å². The first-order valence-corrected chi connectivity index (χ1v) is 8.81. The molecule has 116 valence electrons. The van der Waals surface area contributed by atoms with Gasteiger partial charge in [-0.05, 0) is 63.5 Å². The molecule has 0 aliphatic carbocycles. The molecule has 0 atom stereocenters. The molecule has 3 rings (SSSR count). The zero-order chi connectivity index (χ0) is 15.7. The summed E-state index contributed by atoms with van der Waals surface area (Å²) in [6.45, 7) is 1.99. The molecular formula is C17H18Cl2N2S. The van der Waals surface area contributed by atoms with E-state index in [-0.39, 0.29) is 0 Å². The minimum atomic E-state index is 0.766. The lowest BCUT2D eigenvalue weighted by Crippen LogP contribution is -2.25. The van der Waals surface area contributed by atoms with Gasteiger partial charge in [-0.2, -0.15) is 0 Å². The van der Waals surface area contributed by atoms with E-state index in [0.29, 0.717) is 0 Å². The topological polar surface area (TPSA) is 6.48 Å². The van der Waals surface area contributed by atoms with Crippen LogP contribution in [-0.2, 0) is 0 Å². The van der Waals surface area contributed by atoms with Gasteiger partial charge in [-0.25, -0.2) is 0 Å².